The van der Waals surface area contributed by atoms with Crippen LogP contribution < -0.4 is 0 Å². The molecule has 0 saturated heterocycles. The number of furan rings is 1. The quantitative estimate of drug-likeness (QED) is 0.228. The topological polar surface area (TPSA) is 51.8 Å². The van der Waals surface area contributed by atoms with Gasteiger partial charge in [-0.05, 0) is 28.3 Å². The van der Waals surface area contributed by atoms with Crippen molar-refractivity contribution in [3.63, 3.8) is 0 Å². The largest absolute Gasteiger partial charge is 0.455 e. The lowest BCUT2D eigenvalue weighted by Gasteiger charge is -2.11. The van der Waals surface area contributed by atoms with Crippen molar-refractivity contribution in [2.24, 2.45) is 0 Å². The number of aromatic nitrogens is 3. The summed E-state index contributed by atoms with van der Waals surface area (Å²) in [6.07, 6.45) is 0. The van der Waals surface area contributed by atoms with E-state index in [4.69, 9.17) is 19.4 Å². The minimum absolute atomic E-state index is 0.644. The van der Waals surface area contributed by atoms with Gasteiger partial charge in [0.25, 0.3) is 0 Å². The van der Waals surface area contributed by atoms with Gasteiger partial charge in [-0.3, -0.25) is 0 Å². The predicted octanol–water partition coefficient (Wildman–Crippen LogP) is 9.08. The van der Waals surface area contributed by atoms with E-state index in [0.717, 1.165) is 60.2 Å². The predicted molar refractivity (Wildman–Crippen MR) is 158 cm³/mol. The van der Waals surface area contributed by atoms with Crippen LogP contribution in [0.25, 0.3) is 77.6 Å². The fraction of sp³-hybridized carbons (Fsp3) is 0. The van der Waals surface area contributed by atoms with E-state index in [2.05, 4.69) is 54.6 Å². The second-order valence-corrected chi connectivity index (χ2v) is 9.65. The van der Waals surface area contributed by atoms with Gasteiger partial charge in [-0.1, -0.05) is 115 Å². The molecule has 0 aliphatic heterocycles. The van der Waals surface area contributed by atoms with E-state index in [-0.39, 0.29) is 0 Å². The van der Waals surface area contributed by atoms with E-state index < -0.39 is 0 Å². The molecule has 0 N–H and O–H groups in total. The highest BCUT2D eigenvalue weighted by atomic mass is 16.3. The van der Waals surface area contributed by atoms with E-state index >= 15 is 0 Å². The van der Waals surface area contributed by atoms with Gasteiger partial charge < -0.3 is 4.42 Å². The van der Waals surface area contributed by atoms with Gasteiger partial charge in [-0.15, -0.1) is 0 Å². The average molecular weight is 500 g/mol. The third-order valence-corrected chi connectivity index (χ3v) is 7.30. The summed E-state index contributed by atoms with van der Waals surface area (Å²) in [7, 11) is 0. The Balaban J connectivity index is 1.42. The lowest BCUT2D eigenvalue weighted by molar-refractivity contribution is 0.673. The molecule has 2 aromatic heterocycles. The zero-order chi connectivity index (χ0) is 25.8. The third-order valence-electron chi connectivity index (χ3n) is 7.30. The Morgan fingerprint density at radius 2 is 0.923 bits per heavy atom. The van der Waals surface area contributed by atoms with E-state index in [1.54, 1.807) is 0 Å². The number of nitrogens with zero attached hydrogens (tertiary/aromatic N) is 3. The zero-order valence-electron chi connectivity index (χ0n) is 20.9. The lowest BCUT2D eigenvalue weighted by atomic mass is 9.95. The van der Waals surface area contributed by atoms with Crippen molar-refractivity contribution in [2.75, 3.05) is 0 Å². The maximum atomic E-state index is 6.39. The standard InChI is InChI=1S/C35H21N3O/c1-3-11-22(12-4-1)33-36-34(23-13-5-2-6-14-23)38-35(37-33)24-19-20-26-29(21-24)25-15-7-8-16-27(25)32-31(26)28-17-9-10-18-30(28)39-32/h1-21H. The van der Waals surface area contributed by atoms with Crippen molar-refractivity contribution in [1.29, 1.82) is 0 Å². The molecule has 0 saturated carbocycles. The van der Waals surface area contributed by atoms with E-state index in [1.807, 2.05) is 72.8 Å². The Kier molecular flexibility index (Phi) is 4.79. The summed E-state index contributed by atoms with van der Waals surface area (Å²) in [4.78, 5) is 14.7. The molecular formula is C35H21N3O. The average Bonchev–Trinajstić information content (AvgIpc) is 3.42. The minimum Gasteiger partial charge on any atom is -0.455 e. The summed E-state index contributed by atoms with van der Waals surface area (Å²) in [6, 6.07) is 43.3. The van der Waals surface area contributed by atoms with Gasteiger partial charge >= 0.3 is 0 Å². The first-order valence-corrected chi connectivity index (χ1v) is 13.0. The van der Waals surface area contributed by atoms with Crippen molar-refractivity contribution < 1.29 is 4.42 Å². The summed E-state index contributed by atoms with van der Waals surface area (Å²) in [6.45, 7) is 0. The van der Waals surface area contributed by atoms with Crippen molar-refractivity contribution in [1.82, 2.24) is 15.0 Å². The summed E-state index contributed by atoms with van der Waals surface area (Å²) < 4.78 is 6.39. The molecule has 182 valence electrons. The third kappa shape index (κ3) is 3.50. The minimum atomic E-state index is 0.644. The van der Waals surface area contributed by atoms with Gasteiger partial charge in [-0.25, -0.2) is 15.0 Å². The molecule has 0 bridgehead atoms. The molecule has 0 aliphatic rings. The number of fused-ring (bicyclic) bond motifs is 8. The number of benzene rings is 6. The lowest BCUT2D eigenvalue weighted by Crippen LogP contribution is -2.00. The normalized spacial score (nSPS) is 11.6. The van der Waals surface area contributed by atoms with E-state index in [0.29, 0.717) is 17.5 Å². The van der Waals surface area contributed by atoms with Crippen LogP contribution in [0.1, 0.15) is 0 Å². The fourth-order valence-electron chi connectivity index (χ4n) is 5.48. The Bertz CT molecular complexity index is 2110. The number of hydrogen-bond donors (Lipinski definition) is 0. The molecule has 8 aromatic rings. The molecule has 39 heavy (non-hydrogen) atoms. The highest BCUT2D eigenvalue weighted by Crippen LogP contribution is 2.41. The Morgan fingerprint density at radius 3 is 1.59 bits per heavy atom. The van der Waals surface area contributed by atoms with Crippen LogP contribution in [0.3, 0.4) is 0 Å². The van der Waals surface area contributed by atoms with Gasteiger partial charge in [0.1, 0.15) is 11.2 Å². The molecule has 8 rings (SSSR count). The molecule has 4 nitrogen and oxygen atoms in total. The van der Waals surface area contributed by atoms with Gasteiger partial charge in [0.15, 0.2) is 17.5 Å². The zero-order valence-corrected chi connectivity index (χ0v) is 20.9. The van der Waals surface area contributed by atoms with Crippen LogP contribution in [0.2, 0.25) is 0 Å². The first kappa shape index (κ1) is 21.7. The van der Waals surface area contributed by atoms with Gasteiger partial charge in [0.2, 0.25) is 0 Å². The van der Waals surface area contributed by atoms with Crippen LogP contribution in [0.5, 0.6) is 0 Å². The van der Waals surface area contributed by atoms with Crippen molar-refractivity contribution in [3.05, 3.63) is 127 Å². The first-order valence-electron chi connectivity index (χ1n) is 13.0. The molecule has 0 spiro atoms. The first-order chi connectivity index (χ1) is 19.3. The molecule has 0 atom stereocenters. The van der Waals surface area contributed by atoms with Crippen LogP contribution in [-0.2, 0) is 0 Å². The Hall–Kier alpha value is -5.35. The second kappa shape index (κ2) is 8.61. The molecule has 0 amide bonds. The molecule has 0 fully saturated rings. The molecule has 6 aromatic carbocycles. The Labute approximate surface area is 224 Å². The molecule has 0 unspecified atom stereocenters. The maximum Gasteiger partial charge on any atom is 0.164 e. The monoisotopic (exact) mass is 499 g/mol. The molecule has 2 heterocycles. The van der Waals surface area contributed by atoms with E-state index in [9.17, 15) is 0 Å². The molecule has 0 aliphatic carbocycles. The van der Waals surface area contributed by atoms with Crippen LogP contribution >= 0.6 is 0 Å². The van der Waals surface area contributed by atoms with Crippen molar-refractivity contribution in [3.8, 4) is 34.2 Å². The summed E-state index contributed by atoms with van der Waals surface area (Å²) in [5, 5.41) is 6.79. The molecular weight excluding hydrogens is 478 g/mol. The van der Waals surface area contributed by atoms with Crippen LogP contribution in [0.4, 0.5) is 0 Å². The van der Waals surface area contributed by atoms with E-state index in [1.165, 1.54) is 0 Å². The van der Waals surface area contributed by atoms with Crippen LogP contribution in [-0.4, -0.2) is 15.0 Å². The molecule has 0 radical (unpaired) electrons. The summed E-state index contributed by atoms with van der Waals surface area (Å²) in [5.41, 5.74) is 4.67. The fourth-order valence-corrected chi connectivity index (χ4v) is 5.48. The highest BCUT2D eigenvalue weighted by Gasteiger charge is 2.17. The Morgan fingerprint density at radius 1 is 0.385 bits per heavy atom. The van der Waals surface area contributed by atoms with Crippen LogP contribution in [0.15, 0.2) is 132 Å². The van der Waals surface area contributed by atoms with Gasteiger partial charge in [0, 0.05) is 32.8 Å². The van der Waals surface area contributed by atoms with Gasteiger partial charge in [-0.2, -0.15) is 0 Å². The number of rotatable bonds is 3. The summed E-state index contributed by atoms with van der Waals surface area (Å²) in [5.74, 6) is 1.95. The number of hydrogen-bond acceptors (Lipinski definition) is 4. The summed E-state index contributed by atoms with van der Waals surface area (Å²) >= 11 is 0. The van der Waals surface area contributed by atoms with Gasteiger partial charge in [0.05, 0.1) is 0 Å². The number of para-hydroxylation sites is 1. The maximum absolute atomic E-state index is 6.39. The van der Waals surface area contributed by atoms with Crippen molar-refractivity contribution in [2.45, 2.75) is 0 Å². The smallest absolute Gasteiger partial charge is 0.164 e. The highest BCUT2D eigenvalue weighted by molar-refractivity contribution is 6.30. The molecule has 4 heteroatoms. The second-order valence-electron chi connectivity index (χ2n) is 9.65. The SMILES string of the molecule is c1ccc(-c2nc(-c3ccccc3)nc(-c3ccc4c(c3)c3ccccc3c3oc5ccccc5c43)n2)cc1. The van der Waals surface area contributed by atoms with Crippen molar-refractivity contribution >= 4 is 43.5 Å². The van der Waals surface area contributed by atoms with Crippen LogP contribution in [0, 0.1) is 0 Å².